The van der Waals surface area contributed by atoms with Crippen LogP contribution in [0.2, 0.25) is 0 Å². The van der Waals surface area contributed by atoms with Crippen LogP contribution in [0.1, 0.15) is 44.8 Å². The van der Waals surface area contributed by atoms with Gasteiger partial charge in [-0.1, -0.05) is 35.4 Å². The number of hydrogen-bond acceptors (Lipinski definition) is 3. The van der Waals surface area contributed by atoms with Crippen molar-refractivity contribution < 1.29 is 0 Å². The Morgan fingerprint density at radius 1 is 0.808 bits per heavy atom. The summed E-state index contributed by atoms with van der Waals surface area (Å²) in [6.07, 6.45) is 1.92. The van der Waals surface area contributed by atoms with Gasteiger partial charge in [-0.15, -0.1) is 0 Å². The van der Waals surface area contributed by atoms with Gasteiger partial charge >= 0.3 is 0 Å². The Morgan fingerprint density at radius 2 is 1.54 bits per heavy atom. The van der Waals surface area contributed by atoms with Crippen molar-refractivity contribution in [3.63, 3.8) is 0 Å². The molecule has 3 nitrogen and oxygen atoms in total. The Kier molecular flexibility index (Phi) is 3.95. The molecule has 0 aliphatic carbocycles. The van der Waals surface area contributed by atoms with Crippen LogP contribution < -0.4 is 0 Å². The van der Waals surface area contributed by atoms with E-state index < -0.39 is 0 Å². The lowest BCUT2D eigenvalue weighted by molar-refractivity contribution is 0.980. The molecule has 0 saturated heterocycles. The second kappa shape index (κ2) is 6.17. The minimum Gasteiger partial charge on any atom is -0.279 e. The smallest absolute Gasteiger partial charge is 0.125 e. The molecule has 0 saturated carbocycles. The van der Waals surface area contributed by atoms with E-state index in [0.29, 0.717) is 6.54 Å². The Balaban J connectivity index is 2.03. The van der Waals surface area contributed by atoms with E-state index in [1.165, 1.54) is 27.8 Å². The minimum absolute atomic E-state index is 0.603. The van der Waals surface area contributed by atoms with Crippen molar-refractivity contribution in [2.24, 2.45) is 4.99 Å². The molecule has 2 heterocycles. The molecule has 0 fully saturated rings. The molecule has 0 unspecified atom stereocenters. The molecule has 1 aliphatic rings. The van der Waals surface area contributed by atoms with Gasteiger partial charge in [0.1, 0.15) is 5.82 Å². The second-order valence-electron chi connectivity index (χ2n) is 7.28. The number of aromatic nitrogens is 2. The Bertz CT molecular complexity index is 1040. The van der Waals surface area contributed by atoms with Gasteiger partial charge in [0.05, 0.1) is 18.0 Å². The molecule has 0 amide bonds. The zero-order chi connectivity index (χ0) is 18.4. The second-order valence-corrected chi connectivity index (χ2v) is 7.28. The van der Waals surface area contributed by atoms with E-state index >= 15 is 0 Å². The van der Waals surface area contributed by atoms with E-state index in [-0.39, 0.29) is 0 Å². The minimum atomic E-state index is 0.603. The van der Waals surface area contributed by atoms with E-state index in [4.69, 9.17) is 9.98 Å². The van der Waals surface area contributed by atoms with Gasteiger partial charge in [-0.05, 0) is 51.8 Å². The van der Waals surface area contributed by atoms with Crippen LogP contribution in [0.4, 0.5) is 0 Å². The Hall–Kier alpha value is -2.81. The van der Waals surface area contributed by atoms with Gasteiger partial charge in [-0.2, -0.15) is 0 Å². The molecule has 3 heteroatoms. The highest BCUT2D eigenvalue weighted by molar-refractivity contribution is 6.18. The molecule has 2 aromatic carbocycles. The number of hydrogen-bond donors (Lipinski definition) is 0. The first-order valence-electron chi connectivity index (χ1n) is 9.00. The molecule has 0 bridgehead atoms. The van der Waals surface area contributed by atoms with E-state index in [1.54, 1.807) is 0 Å². The van der Waals surface area contributed by atoms with E-state index in [1.807, 2.05) is 13.1 Å². The van der Waals surface area contributed by atoms with Crippen LogP contribution in [-0.2, 0) is 6.54 Å². The quantitative estimate of drug-likeness (QED) is 0.622. The number of rotatable bonds is 1. The van der Waals surface area contributed by atoms with Gasteiger partial charge in [0.15, 0.2) is 0 Å². The van der Waals surface area contributed by atoms with Crippen LogP contribution in [0.15, 0.2) is 41.5 Å². The topological polar surface area (TPSA) is 38.1 Å². The van der Waals surface area contributed by atoms with Crippen molar-refractivity contribution in [2.75, 3.05) is 0 Å². The highest BCUT2D eigenvalue weighted by atomic mass is 14.9. The van der Waals surface area contributed by atoms with Crippen LogP contribution in [0.3, 0.4) is 0 Å². The van der Waals surface area contributed by atoms with Gasteiger partial charge in [0.2, 0.25) is 0 Å². The fourth-order valence-electron chi connectivity index (χ4n) is 3.92. The molecule has 26 heavy (non-hydrogen) atoms. The average molecular weight is 341 g/mol. The van der Waals surface area contributed by atoms with Gasteiger partial charge in [-0.25, -0.2) is 9.97 Å². The number of aryl methyl sites for hydroxylation is 5. The first kappa shape index (κ1) is 16.6. The fourth-order valence-corrected chi connectivity index (χ4v) is 3.92. The number of nitrogens with zero attached hydrogens (tertiary/aromatic N) is 3. The summed E-state index contributed by atoms with van der Waals surface area (Å²) in [6, 6.07) is 11.0. The average Bonchev–Trinajstić information content (AvgIpc) is 2.71. The lowest BCUT2D eigenvalue weighted by Crippen LogP contribution is -2.10. The van der Waals surface area contributed by atoms with Crippen molar-refractivity contribution in [1.82, 2.24) is 9.97 Å². The lowest BCUT2D eigenvalue weighted by atomic mass is 9.89. The summed E-state index contributed by atoms with van der Waals surface area (Å²) >= 11 is 0. The van der Waals surface area contributed by atoms with Crippen molar-refractivity contribution in [3.05, 3.63) is 81.3 Å². The van der Waals surface area contributed by atoms with Gasteiger partial charge in [0, 0.05) is 28.5 Å². The molecule has 0 spiro atoms. The summed E-state index contributed by atoms with van der Waals surface area (Å²) in [5.74, 6) is 0.793. The number of aliphatic imine (C=N–C) groups is 1. The highest BCUT2D eigenvalue weighted by Gasteiger charge is 2.22. The lowest BCUT2D eigenvalue weighted by Gasteiger charge is -2.16. The molecule has 1 aliphatic heterocycles. The molecule has 1 aromatic heterocycles. The zero-order valence-corrected chi connectivity index (χ0v) is 16.0. The largest absolute Gasteiger partial charge is 0.279 e. The monoisotopic (exact) mass is 341 g/mol. The standard InChI is InChI=1S/C23H23N3/c1-13-6-7-19-20(10-13)23(21-15(3)8-14(2)9-16(21)4)25-12-18-11-24-17(5)26-22(18)19/h6-11H,12H2,1-5H3. The summed E-state index contributed by atoms with van der Waals surface area (Å²) in [5, 5.41) is 0. The fraction of sp³-hybridized carbons (Fsp3) is 0.261. The molecular formula is C23H23N3. The predicted octanol–water partition coefficient (Wildman–Crippen LogP) is 5.04. The van der Waals surface area contributed by atoms with E-state index in [0.717, 1.165) is 33.9 Å². The third-order valence-corrected chi connectivity index (χ3v) is 4.99. The van der Waals surface area contributed by atoms with Crippen LogP contribution in [0.25, 0.3) is 11.3 Å². The molecule has 0 atom stereocenters. The Morgan fingerprint density at radius 3 is 2.27 bits per heavy atom. The van der Waals surface area contributed by atoms with Gasteiger partial charge < -0.3 is 0 Å². The van der Waals surface area contributed by atoms with Crippen LogP contribution in [-0.4, -0.2) is 15.7 Å². The maximum Gasteiger partial charge on any atom is 0.125 e. The first-order chi connectivity index (χ1) is 12.4. The van der Waals surface area contributed by atoms with Crippen LogP contribution in [0.5, 0.6) is 0 Å². The van der Waals surface area contributed by atoms with Gasteiger partial charge in [-0.3, -0.25) is 4.99 Å². The summed E-state index contributed by atoms with van der Waals surface area (Å²) in [7, 11) is 0. The summed E-state index contributed by atoms with van der Waals surface area (Å²) in [4.78, 5) is 14.2. The summed E-state index contributed by atoms with van der Waals surface area (Å²) in [5.41, 5.74) is 11.7. The SMILES string of the molecule is Cc1cc(C)c(C2=NCc3cnc(C)nc3-c3ccc(C)cc32)c(C)c1. The third-order valence-electron chi connectivity index (χ3n) is 4.99. The molecule has 0 N–H and O–H groups in total. The zero-order valence-electron chi connectivity index (χ0n) is 16.0. The molecule has 4 rings (SSSR count). The van der Waals surface area contributed by atoms with E-state index in [2.05, 4.69) is 63.0 Å². The molecule has 0 radical (unpaired) electrons. The maximum atomic E-state index is 5.03. The summed E-state index contributed by atoms with van der Waals surface area (Å²) < 4.78 is 0. The molecular weight excluding hydrogens is 318 g/mol. The van der Waals surface area contributed by atoms with Gasteiger partial charge in [0.25, 0.3) is 0 Å². The first-order valence-corrected chi connectivity index (χ1v) is 9.00. The van der Waals surface area contributed by atoms with Crippen molar-refractivity contribution in [2.45, 2.75) is 41.2 Å². The van der Waals surface area contributed by atoms with Crippen molar-refractivity contribution in [1.29, 1.82) is 0 Å². The van der Waals surface area contributed by atoms with Crippen LogP contribution >= 0.6 is 0 Å². The molecule has 3 aromatic rings. The summed E-state index contributed by atoms with van der Waals surface area (Å²) in [6.45, 7) is 11.2. The molecule has 130 valence electrons. The van der Waals surface area contributed by atoms with E-state index in [9.17, 15) is 0 Å². The predicted molar refractivity (Wildman–Crippen MR) is 107 cm³/mol. The van der Waals surface area contributed by atoms with Crippen molar-refractivity contribution in [3.8, 4) is 11.3 Å². The van der Waals surface area contributed by atoms with Crippen molar-refractivity contribution >= 4 is 5.71 Å². The maximum absolute atomic E-state index is 5.03. The number of fused-ring (bicyclic) bond motifs is 3. The Labute approximate surface area is 154 Å². The highest BCUT2D eigenvalue weighted by Crippen LogP contribution is 2.33. The normalized spacial score (nSPS) is 12.9. The third kappa shape index (κ3) is 2.74. The number of benzene rings is 2. The van der Waals surface area contributed by atoms with Crippen LogP contribution in [0, 0.1) is 34.6 Å².